The predicted octanol–water partition coefficient (Wildman–Crippen LogP) is 2.81. The Kier molecular flexibility index (Phi) is 5.45. The fraction of sp³-hybridized carbons (Fsp3) is 0.500. The van der Waals surface area contributed by atoms with Crippen molar-refractivity contribution in [3.63, 3.8) is 0 Å². The second-order valence-corrected chi connectivity index (χ2v) is 4.58. The normalized spacial score (nSPS) is 12.8. The summed E-state index contributed by atoms with van der Waals surface area (Å²) in [6, 6.07) is 4.00. The van der Waals surface area contributed by atoms with Gasteiger partial charge in [0.2, 0.25) is 0 Å². The Bertz CT molecular complexity index is 263. The average Bonchev–Trinajstić information content (AvgIpc) is 2.21. The van der Waals surface area contributed by atoms with E-state index < -0.39 is 0 Å². The van der Waals surface area contributed by atoms with Gasteiger partial charge in [-0.3, -0.25) is 4.98 Å². The number of nitrogens with one attached hydrogen (secondary N) is 1. The Morgan fingerprint density at radius 3 is 2.93 bits per heavy atom. The van der Waals surface area contributed by atoms with Crippen LogP contribution in [0.3, 0.4) is 0 Å². The van der Waals surface area contributed by atoms with Crippen molar-refractivity contribution in [3.8, 4) is 0 Å². The van der Waals surface area contributed by atoms with Crippen molar-refractivity contribution in [2.24, 2.45) is 5.92 Å². The molecule has 0 amide bonds. The maximum atomic E-state index is 5.69. The largest absolute Gasteiger partial charge is 0.311 e. The minimum atomic E-state index is 0.507. The molecule has 2 nitrogen and oxygen atoms in total. The lowest BCUT2D eigenvalue weighted by atomic mass is 10.2. The summed E-state index contributed by atoms with van der Waals surface area (Å²) in [5.74, 6) is 1.20. The summed E-state index contributed by atoms with van der Waals surface area (Å²) >= 11 is 9.04. The van der Waals surface area contributed by atoms with Crippen LogP contribution in [0.4, 0.5) is 0 Å². The quantitative estimate of drug-likeness (QED) is 0.837. The number of rotatable bonds is 5. The lowest BCUT2D eigenvalue weighted by molar-refractivity contribution is 0.552. The van der Waals surface area contributed by atoms with Gasteiger partial charge in [-0.15, -0.1) is 11.6 Å². The standard InChI is InChI=1S/C10H14BrClN2/c1-8(4-12)5-13-7-10-3-2-9(11)6-14-10/h2-3,6,8,13H,4-5,7H2,1H3. The Labute approximate surface area is 98.2 Å². The molecule has 0 aliphatic rings. The van der Waals surface area contributed by atoms with Gasteiger partial charge in [0.1, 0.15) is 0 Å². The zero-order valence-corrected chi connectivity index (χ0v) is 10.5. The SMILES string of the molecule is CC(CCl)CNCc1ccc(Br)cn1. The Hall–Kier alpha value is -0.120. The number of pyridine rings is 1. The maximum absolute atomic E-state index is 5.69. The summed E-state index contributed by atoms with van der Waals surface area (Å²) in [5, 5.41) is 3.31. The highest BCUT2D eigenvalue weighted by Crippen LogP contribution is 2.07. The van der Waals surface area contributed by atoms with Gasteiger partial charge in [0.15, 0.2) is 0 Å². The third-order valence-corrected chi connectivity index (χ3v) is 2.85. The fourth-order valence-corrected chi connectivity index (χ4v) is 1.36. The third kappa shape index (κ3) is 4.40. The molecule has 1 aromatic rings. The van der Waals surface area contributed by atoms with Gasteiger partial charge in [-0.2, -0.15) is 0 Å². The highest BCUT2D eigenvalue weighted by molar-refractivity contribution is 9.10. The zero-order valence-electron chi connectivity index (χ0n) is 8.13. The van der Waals surface area contributed by atoms with Gasteiger partial charge in [-0.25, -0.2) is 0 Å². The van der Waals surface area contributed by atoms with Crippen molar-refractivity contribution in [1.29, 1.82) is 0 Å². The molecule has 0 aromatic carbocycles. The second kappa shape index (κ2) is 6.38. The highest BCUT2D eigenvalue weighted by Gasteiger charge is 1.99. The molecular weight excluding hydrogens is 263 g/mol. The molecule has 0 aliphatic carbocycles. The van der Waals surface area contributed by atoms with E-state index in [1.807, 2.05) is 18.3 Å². The lowest BCUT2D eigenvalue weighted by Crippen LogP contribution is -2.21. The van der Waals surface area contributed by atoms with E-state index in [0.717, 1.165) is 23.3 Å². The number of nitrogens with zero attached hydrogens (tertiary/aromatic N) is 1. The molecule has 1 aromatic heterocycles. The van der Waals surface area contributed by atoms with Crippen molar-refractivity contribution >= 4 is 27.5 Å². The van der Waals surface area contributed by atoms with Crippen LogP contribution in [0.2, 0.25) is 0 Å². The van der Waals surface area contributed by atoms with Gasteiger partial charge < -0.3 is 5.32 Å². The molecule has 0 bridgehead atoms. The van der Waals surface area contributed by atoms with Gasteiger partial charge >= 0.3 is 0 Å². The van der Waals surface area contributed by atoms with Crippen molar-refractivity contribution in [2.75, 3.05) is 12.4 Å². The molecule has 0 saturated carbocycles. The van der Waals surface area contributed by atoms with Gasteiger partial charge in [-0.05, 0) is 40.5 Å². The van der Waals surface area contributed by atoms with E-state index in [2.05, 4.69) is 33.2 Å². The van der Waals surface area contributed by atoms with Crippen LogP contribution < -0.4 is 5.32 Å². The zero-order chi connectivity index (χ0) is 10.4. The van der Waals surface area contributed by atoms with E-state index in [1.54, 1.807) is 0 Å². The van der Waals surface area contributed by atoms with Crippen LogP contribution in [0.25, 0.3) is 0 Å². The third-order valence-electron chi connectivity index (χ3n) is 1.85. The molecule has 1 atom stereocenters. The Morgan fingerprint density at radius 1 is 1.57 bits per heavy atom. The average molecular weight is 278 g/mol. The van der Waals surface area contributed by atoms with Crippen molar-refractivity contribution in [1.82, 2.24) is 10.3 Å². The summed E-state index contributed by atoms with van der Waals surface area (Å²) < 4.78 is 1.01. The van der Waals surface area contributed by atoms with Crippen LogP contribution in [-0.2, 0) is 6.54 Å². The first-order chi connectivity index (χ1) is 6.72. The van der Waals surface area contributed by atoms with Crippen LogP contribution in [0.1, 0.15) is 12.6 Å². The smallest absolute Gasteiger partial charge is 0.0542 e. The first kappa shape index (κ1) is 12.0. The number of halogens is 2. The molecule has 0 saturated heterocycles. The molecule has 1 heterocycles. The topological polar surface area (TPSA) is 24.9 Å². The van der Waals surface area contributed by atoms with Gasteiger partial charge in [0, 0.05) is 23.1 Å². The molecule has 0 aliphatic heterocycles. The van der Waals surface area contributed by atoms with Gasteiger partial charge in [-0.1, -0.05) is 6.92 Å². The summed E-state index contributed by atoms with van der Waals surface area (Å²) in [6.07, 6.45) is 1.81. The Balaban J connectivity index is 2.28. The minimum absolute atomic E-state index is 0.507. The van der Waals surface area contributed by atoms with E-state index in [1.165, 1.54) is 0 Å². The van der Waals surface area contributed by atoms with E-state index in [9.17, 15) is 0 Å². The summed E-state index contributed by atoms with van der Waals surface area (Å²) in [6.45, 7) is 3.85. The van der Waals surface area contributed by atoms with E-state index >= 15 is 0 Å². The van der Waals surface area contributed by atoms with Crippen molar-refractivity contribution in [3.05, 3.63) is 28.5 Å². The van der Waals surface area contributed by atoms with Crippen LogP contribution in [0, 0.1) is 5.92 Å². The second-order valence-electron chi connectivity index (χ2n) is 3.36. The number of hydrogen-bond acceptors (Lipinski definition) is 2. The summed E-state index contributed by atoms with van der Waals surface area (Å²) in [4.78, 5) is 4.26. The van der Waals surface area contributed by atoms with Crippen molar-refractivity contribution < 1.29 is 0 Å². The summed E-state index contributed by atoms with van der Waals surface area (Å²) in [5.41, 5.74) is 1.05. The van der Waals surface area contributed by atoms with E-state index in [-0.39, 0.29) is 0 Å². The van der Waals surface area contributed by atoms with Crippen LogP contribution in [0.5, 0.6) is 0 Å². The summed E-state index contributed by atoms with van der Waals surface area (Å²) in [7, 11) is 0. The number of aromatic nitrogens is 1. The highest BCUT2D eigenvalue weighted by atomic mass is 79.9. The molecule has 1 rings (SSSR count). The molecule has 0 radical (unpaired) electrons. The molecule has 14 heavy (non-hydrogen) atoms. The van der Waals surface area contributed by atoms with Crippen molar-refractivity contribution in [2.45, 2.75) is 13.5 Å². The van der Waals surface area contributed by atoms with Crippen LogP contribution in [-0.4, -0.2) is 17.4 Å². The van der Waals surface area contributed by atoms with E-state index in [4.69, 9.17) is 11.6 Å². The molecule has 1 N–H and O–H groups in total. The first-order valence-corrected chi connectivity index (χ1v) is 5.92. The first-order valence-electron chi connectivity index (χ1n) is 4.59. The molecule has 0 spiro atoms. The molecule has 78 valence electrons. The predicted molar refractivity (Wildman–Crippen MR) is 63.5 cm³/mol. The van der Waals surface area contributed by atoms with E-state index in [0.29, 0.717) is 11.8 Å². The molecule has 0 fully saturated rings. The molecule has 1 unspecified atom stereocenters. The lowest BCUT2D eigenvalue weighted by Gasteiger charge is -2.08. The maximum Gasteiger partial charge on any atom is 0.0542 e. The fourth-order valence-electron chi connectivity index (χ4n) is 1.01. The molecule has 4 heteroatoms. The monoisotopic (exact) mass is 276 g/mol. The van der Waals surface area contributed by atoms with Crippen LogP contribution >= 0.6 is 27.5 Å². The number of hydrogen-bond donors (Lipinski definition) is 1. The Morgan fingerprint density at radius 2 is 2.36 bits per heavy atom. The number of alkyl halides is 1. The van der Waals surface area contributed by atoms with Gasteiger partial charge in [0.05, 0.1) is 5.69 Å². The molecular formula is C10H14BrClN2. The van der Waals surface area contributed by atoms with Gasteiger partial charge in [0.25, 0.3) is 0 Å². The van der Waals surface area contributed by atoms with Crippen LogP contribution in [0.15, 0.2) is 22.8 Å². The minimum Gasteiger partial charge on any atom is -0.311 e.